The molecule has 1 aliphatic heterocycles. The third-order valence-electron chi connectivity index (χ3n) is 2.88. The van der Waals surface area contributed by atoms with E-state index < -0.39 is 0 Å². The Labute approximate surface area is 76.3 Å². The van der Waals surface area contributed by atoms with Crippen molar-refractivity contribution in [2.75, 3.05) is 33.2 Å². The molecule has 1 saturated heterocycles. The smallest absolute Gasteiger partial charge is 0.00443 e. The third kappa shape index (κ3) is 2.76. The molecule has 0 aliphatic carbocycles. The summed E-state index contributed by atoms with van der Waals surface area (Å²) in [5, 5.41) is 3.48. The van der Waals surface area contributed by atoms with Gasteiger partial charge in [-0.2, -0.15) is 0 Å². The third-order valence-corrected chi connectivity index (χ3v) is 2.88. The Morgan fingerprint density at radius 3 is 2.75 bits per heavy atom. The van der Waals surface area contributed by atoms with Gasteiger partial charge in [0.2, 0.25) is 0 Å². The lowest BCUT2D eigenvalue weighted by atomic mass is 9.82. The quantitative estimate of drug-likeness (QED) is 0.687. The van der Waals surface area contributed by atoms with Crippen molar-refractivity contribution in [3.8, 4) is 0 Å². The summed E-state index contributed by atoms with van der Waals surface area (Å²) in [5.41, 5.74) is 0.517. The topological polar surface area (TPSA) is 15.3 Å². The van der Waals surface area contributed by atoms with Gasteiger partial charge >= 0.3 is 0 Å². The molecule has 0 aromatic carbocycles. The summed E-state index contributed by atoms with van der Waals surface area (Å²) in [7, 11) is 2.21. The molecule has 1 fully saturated rings. The van der Waals surface area contributed by atoms with Gasteiger partial charge in [0.05, 0.1) is 0 Å². The summed E-state index contributed by atoms with van der Waals surface area (Å²) in [5.74, 6) is 0. The molecule has 2 nitrogen and oxygen atoms in total. The van der Waals surface area contributed by atoms with Gasteiger partial charge in [-0.15, -0.1) is 0 Å². The van der Waals surface area contributed by atoms with Gasteiger partial charge in [-0.05, 0) is 38.4 Å². The van der Waals surface area contributed by atoms with Crippen LogP contribution in [0.3, 0.4) is 0 Å². The molecule has 2 heteroatoms. The largest absolute Gasteiger partial charge is 0.316 e. The molecule has 0 aromatic rings. The minimum absolute atomic E-state index is 0.517. The van der Waals surface area contributed by atoms with Crippen molar-refractivity contribution in [2.45, 2.75) is 26.7 Å². The van der Waals surface area contributed by atoms with E-state index in [1.807, 2.05) is 0 Å². The molecule has 0 spiro atoms. The minimum Gasteiger partial charge on any atom is -0.316 e. The van der Waals surface area contributed by atoms with Gasteiger partial charge in [0.1, 0.15) is 0 Å². The normalized spacial score (nSPS) is 31.0. The average molecular weight is 170 g/mol. The maximum atomic E-state index is 3.48. The second-order valence-electron chi connectivity index (χ2n) is 4.42. The molecule has 1 unspecified atom stereocenters. The summed E-state index contributed by atoms with van der Waals surface area (Å²) in [4.78, 5) is 2.41. The first kappa shape index (κ1) is 10.0. The van der Waals surface area contributed by atoms with Crippen LogP contribution in [-0.4, -0.2) is 38.1 Å². The highest BCUT2D eigenvalue weighted by Gasteiger charge is 2.27. The second kappa shape index (κ2) is 4.24. The zero-order chi connectivity index (χ0) is 9.03. The van der Waals surface area contributed by atoms with Crippen LogP contribution in [0, 0.1) is 5.41 Å². The Morgan fingerprint density at radius 1 is 1.50 bits per heavy atom. The van der Waals surface area contributed by atoms with Crippen LogP contribution in [0.2, 0.25) is 0 Å². The number of rotatable bonds is 3. The fourth-order valence-electron chi connectivity index (χ4n) is 2.02. The zero-order valence-corrected chi connectivity index (χ0v) is 8.69. The Bertz CT molecular complexity index is 128. The summed E-state index contributed by atoms with van der Waals surface area (Å²) >= 11 is 0. The SMILES string of the molecule is CCN(C)CC1(C)CCCNC1. The molecule has 72 valence electrons. The zero-order valence-electron chi connectivity index (χ0n) is 8.69. The van der Waals surface area contributed by atoms with Crippen molar-refractivity contribution < 1.29 is 0 Å². The number of hydrogen-bond acceptors (Lipinski definition) is 2. The van der Waals surface area contributed by atoms with E-state index in [1.54, 1.807) is 0 Å². The molecule has 1 aliphatic rings. The molecule has 0 aromatic heterocycles. The van der Waals surface area contributed by atoms with Crippen LogP contribution < -0.4 is 5.32 Å². The van der Waals surface area contributed by atoms with Crippen LogP contribution in [0.1, 0.15) is 26.7 Å². The van der Waals surface area contributed by atoms with E-state index in [1.165, 1.54) is 32.5 Å². The first-order valence-corrected chi connectivity index (χ1v) is 5.05. The molecule has 1 atom stereocenters. The van der Waals surface area contributed by atoms with Crippen LogP contribution >= 0.6 is 0 Å². The highest BCUT2D eigenvalue weighted by Crippen LogP contribution is 2.25. The molecule has 0 amide bonds. The predicted octanol–water partition coefficient (Wildman–Crippen LogP) is 1.33. The molecule has 0 saturated carbocycles. The first-order chi connectivity index (χ1) is 5.66. The lowest BCUT2D eigenvalue weighted by Crippen LogP contribution is -2.44. The van der Waals surface area contributed by atoms with Crippen LogP contribution in [0.4, 0.5) is 0 Å². The highest BCUT2D eigenvalue weighted by atomic mass is 15.1. The van der Waals surface area contributed by atoms with Gasteiger partial charge in [-0.3, -0.25) is 0 Å². The Hall–Kier alpha value is -0.0800. The molecule has 1 rings (SSSR count). The van der Waals surface area contributed by atoms with Crippen molar-refractivity contribution in [2.24, 2.45) is 5.41 Å². The Kier molecular flexibility index (Phi) is 3.53. The molecular formula is C10H22N2. The minimum atomic E-state index is 0.517. The number of nitrogens with zero attached hydrogens (tertiary/aromatic N) is 1. The lowest BCUT2D eigenvalue weighted by molar-refractivity contribution is 0.157. The van der Waals surface area contributed by atoms with E-state index in [9.17, 15) is 0 Å². The fraction of sp³-hybridized carbons (Fsp3) is 1.00. The fourth-order valence-corrected chi connectivity index (χ4v) is 2.02. The van der Waals surface area contributed by atoms with Gasteiger partial charge in [-0.1, -0.05) is 13.8 Å². The van der Waals surface area contributed by atoms with Crippen molar-refractivity contribution in [1.82, 2.24) is 10.2 Å². The summed E-state index contributed by atoms with van der Waals surface area (Å²) in [6.07, 6.45) is 2.72. The monoisotopic (exact) mass is 170 g/mol. The summed E-state index contributed by atoms with van der Waals surface area (Å²) in [6.45, 7) is 9.42. The summed E-state index contributed by atoms with van der Waals surface area (Å²) in [6, 6.07) is 0. The molecule has 12 heavy (non-hydrogen) atoms. The van der Waals surface area contributed by atoms with E-state index >= 15 is 0 Å². The van der Waals surface area contributed by atoms with Crippen LogP contribution in [0.15, 0.2) is 0 Å². The van der Waals surface area contributed by atoms with Gasteiger partial charge in [0.25, 0.3) is 0 Å². The number of piperidine rings is 1. The maximum absolute atomic E-state index is 3.48. The van der Waals surface area contributed by atoms with Crippen molar-refractivity contribution in [3.05, 3.63) is 0 Å². The van der Waals surface area contributed by atoms with E-state index in [4.69, 9.17) is 0 Å². The van der Waals surface area contributed by atoms with E-state index in [-0.39, 0.29) is 0 Å². The highest BCUT2D eigenvalue weighted by molar-refractivity contribution is 4.83. The van der Waals surface area contributed by atoms with Crippen LogP contribution in [0.5, 0.6) is 0 Å². The van der Waals surface area contributed by atoms with E-state index in [0.29, 0.717) is 5.41 Å². The summed E-state index contributed by atoms with van der Waals surface area (Å²) < 4.78 is 0. The Morgan fingerprint density at radius 2 is 2.25 bits per heavy atom. The maximum Gasteiger partial charge on any atom is 0.00443 e. The molecule has 0 bridgehead atoms. The number of nitrogens with one attached hydrogen (secondary N) is 1. The molecule has 1 heterocycles. The standard InChI is InChI=1S/C10H22N2/c1-4-12(3)9-10(2)6-5-7-11-8-10/h11H,4-9H2,1-3H3. The first-order valence-electron chi connectivity index (χ1n) is 5.05. The van der Waals surface area contributed by atoms with Crippen LogP contribution in [0.25, 0.3) is 0 Å². The van der Waals surface area contributed by atoms with Gasteiger partial charge in [-0.25, -0.2) is 0 Å². The molecule has 0 radical (unpaired) electrons. The lowest BCUT2D eigenvalue weighted by Gasteiger charge is -2.37. The van der Waals surface area contributed by atoms with E-state index in [2.05, 4.69) is 31.1 Å². The Balaban J connectivity index is 2.35. The van der Waals surface area contributed by atoms with E-state index in [0.717, 1.165) is 6.54 Å². The van der Waals surface area contributed by atoms with Crippen molar-refractivity contribution >= 4 is 0 Å². The predicted molar refractivity (Wildman–Crippen MR) is 53.4 cm³/mol. The average Bonchev–Trinajstić information content (AvgIpc) is 2.05. The van der Waals surface area contributed by atoms with Crippen molar-refractivity contribution in [3.63, 3.8) is 0 Å². The molecule has 1 N–H and O–H groups in total. The van der Waals surface area contributed by atoms with Gasteiger partial charge in [0, 0.05) is 13.1 Å². The molecular weight excluding hydrogens is 148 g/mol. The van der Waals surface area contributed by atoms with Crippen molar-refractivity contribution in [1.29, 1.82) is 0 Å². The second-order valence-corrected chi connectivity index (χ2v) is 4.42. The van der Waals surface area contributed by atoms with Crippen LogP contribution in [-0.2, 0) is 0 Å². The van der Waals surface area contributed by atoms with Gasteiger partial charge in [0.15, 0.2) is 0 Å². The number of hydrogen-bond donors (Lipinski definition) is 1. The van der Waals surface area contributed by atoms with Gasteiger partial charge < -0.3 is 10.2 Å².